The van der Waals surface area contributed by atoms with Gasteiger partial charge in [0.25, 0.3) is 5.56 Å². The first-order valence-corrected chi connectivity index (χ1v) is 6.66. The van der Waals surface area contributed by atoms with Crippen molar-refractivity contribution in [2.75, 3.05) is 0 Å². The van der Waals surface area contributed by atoms with Gasteiger partial charge in [0, 0.05) is 23.4 Å². The topological polar surface area (TPSA) is 104 Å². The molecule has 1 unspecified atom stereocenters. The number of rotatable bonds is 6. The summed E-state index contributed by atoms with van der Waals surface area (Å²) in [5, 5.41) is 12.1. The summed E-state index contributed by atoms with van der Waals surface area (Å²) in [6.45, 7) is 3.96. The van der Waals surface area contributed by atoms with Gasteiger partial charge in [-0.05, 0) is 6.42 Å². The third-order valence-corrected chi connectivity index (χ3v) is 3.20. The van der Waals surface area contributed by atoms with Crippen molar-refractivity contribution in [3.05, 3.63) is 22.1 Å². The Balaban J connectivity index is 2.74. The fourth-order valence-corrected chi connectivity index (χ4v) is 2.46. The lowest BCUT2D eigenvalue weighted by molar-refractivity contribution is 0.317. The summed E-state index contributed by atoms with van der Waals surface area (Å²) < 4.78 is 0. The molecule has 1 heterocycles. The van der Waals surface area contributed by atoms with Gasteiger partial charge in [0.05, 0.1) is 0 Å². The third-order valence-electron chi connectivity index (χ3n) is 2.22. The smallest absolute Gasteiger partial charge is 0.251 e. The molecule has 0 aliphatic rings. The van der Waals surface area contributed by atoms with E-state index < -0.39 is 0 Å². The summed E-state index contributed by atoms with van der Waals surface area (Å²) in [5.74, 6) is 0.169. The molecule has 6 nitrogen and oxygen atoms in total. The number of H-pyrrole nitrogens is 1. The quantitative estimate of drug-likeness (QED) is 0.181. The van der Waals surface area contributed by atoms with Crippen LogP contribution >= 0.6 is 11.8 Å². The highest BCUT2D eigenvalue weighted by Gasteiger charge is 2.10. The molecule has 1 rings (SSSR count). The molecule has 1 aromatic heterocycles. The number of hydrogen-bond donors (Lipinski definition) is 3. The van der Waals surface area contributed by atoms with Crippen molar-refractivity contribution in [2.45, 2.75) is 43.5 Å². The van der Waals surface area contributed by atoms with Crippen molar-refractivity contribution in [2.24, 2.45) is 10.9 Å². The number of nitrogens with one attached hydrogen (secondary N) is 1. The molecule has 0 spiro atoms. The van der Waals surface area contributed by atoms with Crippen LogP contribution in [0.3, 0.4) is 0 Å². The number of oxime groups is 1. The first kappa shape index (κ1) is 14.6. The molecule has 4 N–H and O–H groups in total. The van der Waals surface area contributed by atoms with E-state index in [1.807, 2.05) is 13.8 Å². The van der Waals surface area contributed by atoms with Crippen LogP contribution in [0.15, 0.2) is 21.2 Å². The van der Waals surface area contributed by atoms with E-state index in [0.29, 0.717) is 11.6 Å². The van der Waals surface area contributed by atoms with E-state index in [2.05, 4.69) is 15.1 Å². The number of thioether (sulfide) groups is 1. The minimum atomic E-state index is -0.146. The largest absolute Gasteiger partial charge is 0.409 e. The number of aromatic amines is 1. The summed E-state index contributed by atoms with van der Waals surface area (Å²) in [6.07, 6.45) is 2.16. The minimum Gasteiger partial charge on any atom is -0.409 e. The van der Waals surface area contributed by atoms with Gasteiger partial charge in [0.1, 0.15) is 5.84 Å². The Labute approximate surface area is 110 Å². The average molecular weight is 270 g/mol. The van der Waals surface area contributed by atoms with Crippen LogP contribution in [0.5, 0.6) is 0 Å². The number of nitrogens with two attached hydrogens (primary N) is 1. The summed E-state index contributed by atoms with van der Waals surface area (Å²) in [4.78, 5) is 18.5. The summed E-state index contributed by atoms with van der Waals surface area (Å²) in [5.41, 5.74) is 6.07. The molecule has 1 aromatic rings. The van der Waals surface area contributed by atoms with E-state index in [1.165, 1.54) is 17.8 Å². The number of nitrogens with zero attached hydrogens (tertiary/aromatic N) is 2. The Hall–Kier alpha value is -1.50. The van der Waals surface area contributed by atoms with Crippen molar-refractivity contribution >= 4 is 17.6 Å². The van der Waals surface area contributed by atoms with Crippen LogP contribution in [-0.2, 0) is 6.42 Å². The van der Waals surface area contributed by atoms with Crippen molar-refractivity contribution in [1.82, 2.24) is 9.97 Å². The van der Waals surface area contributed by atoms with Crippen LogP contribution in [0, 0.1) is 0 Å². The minimum absolute atomic E-state index is 0.0703. The van der Waals surface area contributed by atoms with Gasteiger partial charge in [-0.2, -0.15) is 0 Å². The van der Waals surface area contributed by atoms with Crippen LogP contribution in [0.2, 0.25) is 0 Å². The summed E-state index contributed by atoms with van der Waals surface area (Å²) in [6, 6.07) is 1.52. The molecule has 0 fully saturated rings. The highest BCUT2D eigenvalue weighted by atomic mass is 32.2. The SMILES string of the molecule is CCCc1cc(=O)[nH]c(SC(C)C/C(N)=N/O)n1. The predicted molar refractivity (Wildman–Crippen MR) is 72.2 cm³/mol. The van der Waals surface area contributed by atoms with Crippen LogP contribution in [0.1, 0.15) is 32.4 Å². The van der Waals surface area contributed by atoms with E-state index in [9.17, 15) is 4.79 Å². The second-order valence-electron chi connectivity index (χ2n) is 4.02. The second-order valence-corrected chi connectivity index (χ2v) is 5.44. The molecule has 0 saturated carbocycles. The molecule has 0 aliphatic carbocycles. The standard InChI is InChI=1S/C11H18N4O2S/c1-3-4-8-6-10(16)14-11(13-8)18-7(2)5-9(12)15-17/h6-7,17H,3-5H2,1-2H3,(H2,12,15)(H,13,14,16). The predicted octanol–water partition coefficient (Wildman–Crippen LogP) is 1.34. The Morgan fingerprint density at radius 2 is 2.44 bits per heavy atom. The number of amidine groups is 1. The van der Waals surface area contributed by atoms with Crippen LogP contribution in [0.25, 0.3) is 0 Å². The van der Waals surface area contributed by atoms with Crippen molar-refractivity contribution < 1.29 is 5.21 Å². The van der Waals surface area contributed by atoms with Crippen molar-refractivity contribution in [1.29, 1.82) is 0 Å². The Bertz CT molecular complexity index is 472. The van der Waals surface area contributed by atoms with E-state index >= 15 is 0 Å². The molecule has 0 aromatic carbocycles. The zero-order valence-electron chi connectivity index (χ0n) is 10.5. The lowest BCUT2D eigenvalue weighted by Gasteiger charge is -2.09. The first-order chi connectivity index (χ1) is 8.55. The summed E-state index contributed by atoms with van der Waals surface area (Å²) in [7, 11) is 0. The van der Waals surface area contributed by atoms with Gasteiger partial charge in [0.15, 0.2) is 5.16 Å². The highest BCUT2D eigenvalue weighted by Crippen LogP contribution is 2.20. The monoisotopic (exact) mass is 270 g/mol. The fourth-order valence-electron chi connectivity index (χ4n) is 1.49. The van der Waals surface area contributed by atoms with Gasteiger partial charge < -0.3 is 15.9 Å². The van der Waals surface area contributed by atoms with E-state index in [0.717, 1.165) is 18.5 Å². The fraction of sp³-hybridized carbons (Fsp3) is 0.545. The maximum Gasteiger partial charge on any atom is 0.251 e. The molecular formula is C11H18N4O2S. The molecule has 1 atom stereocenters. The lowest BCUT2D eigenvalue weighted by atomic mass is 10.2. The molecular weight excluding hydrogens is 252 g/mol. The molecule has 0 amide bonds. The van der Waals surface area contributed by atoms with Crippen LogP contribution < -0.4 is 11.3 Å². The second kappa shape index (κ2) is 7.05. The zero-order chi connectivity index (χ0) is 13.5. The molecule has 18 heavy (non-hydrogen) atoms. The van der Waals surface area contributed by atoms with Crippen molar-refractivity contribution in [3.63, 3.8) is 0 Å². The number of aromatic nitrogens is 2. The molecule has 0 aliphatic heterocycles. The Morgan fingerprint density at radius 1 is 1.72 bits per heavy atom. The molecule has 0 radical (unpaired) electrons. The lowest BCUT2D eigenvalue weighted by Crippen LogP contribution is -2.17. The van der Waals surface area contributed by atoms with Gasteiger partial charge in [-0.1, -0.05) is 37.2 Å². The van der Waals surface area contributed by atoms with E-state index in [-0.39, 0.29) is 16.6 Å². The van der Waals surface area contributed by atoms with Gasteiger partial charge >= 0.3 is 0 Å². The average Bonchev–Trinajstić information content (AvgIpc) is 2.28. The van der Waals surface area contributed by atoms with Crippen molar-refractivity contribution in [3.8, 4) is 0 Å². The normalized spacial score (nSPS) is 13.6. The molecule has 7 heteroatoms. The molecule has 0 bridgehead atoms. The Morgan fingerprint density at radius 3 is 3.06 bits per heavy atom. The van der Waals surface area contributed by atoms with Crippen LogP contribution in [0.4, 0.5) is 0 Å². The van der Waals surface area contributed by atoms with Gasteiger partial charge in [-0.25, -0.2) is 4.98 Å². The van der Waals surface area contributed by atoms with Gasteiger partial charge in [-0.15, -0.1) is 0 Å². The third kappa shape index (κ3) is 4.79. The zero-order valence-corrected chi connectivity index (χ0v) is 11.3. The van der Waals surface area contributed by atoms with E-state index in [1.54, 1.807) is 0 Å². The summed E-state index contributed by atoms with van der Waals surface area (Å²) >= 11 is 1.40. The van der Waals surface area contributed by atoms with Gasteiger partial charge in [-0.3, -0.25) is 4.79 Å². The van der Waals surface area contributed by atoms with E-state index in [4.69, 9.17) is 10.9 Å². The molecule has 100 valence electrons. The maximum absolute atomic E-state index is 11.4. The molecule has 0 saturated heterocycles. The highest BCUT2D eigenvalue weighted by molar-refractivity contribution is 7.99. The first-order valence-electron chi connectivity index (χ1n) is 5.78. The Kier molecular flexibility index (Phi) is 5.70. The number of aryl methyl sites for hydroxylation is 1. The van der Waals surface area contributed by atoms with Crippen LogP contribution in [-0.4, -0.2) is 26.3 Å². The maximum atomic E-state index is 11.4. The van der Waals surface area contributed by atoms with Gasteiger partial charge in [0.2, 0.25) is 0 Å². The number of hydrogen-bond acceptors (Lipinski definition) is 5.